The SMILES string of the molecule is CNC(C)c1nc(N)nc2c(F)cccc12. The fraction of sp³-hybridized carbons (Fsp3) is 0.273. The van der Waals surface area contributed by atoms with Crippen LogP contribution in [0.25, 0.3) is 10.9 Å². The van der Waals surface area contributed by atoms with Crippen LogP contribution in [0.1, 0.15) is 18.7 Å². The van der Waals surface area contributed by atoms with E-state index < -0.39 is 0 Å². The summed E-state index contributed by atoms with van der Waals surface area (Å²) in [5.74, 6) is -0.286. The molecular formula is C11H13FN4. The number of nitrogens with zero attached hydrogens (tertiary/aromatic N) is 2. The van der Waals surface area contributed by atoms with E-state index in [9.17, 15) is 4.39 Å². The van der Waals surface area contributed by atoms with Crippen LogP contribution in [0.15, 0.2) is 18.2 Å². The van der Waals surface area contributed by atoms with E-state index in [0.29, 0.717) is 11.1 Å². The van der Waals surface area contributed by atoms with Gasteiger partial charge < -0.3 is 11.1 Å². The molecule has 1 atom stereocenters. The standard InChI is InChI=1S/C11H13FN4/c1-6(14-2)9-7-4-3-5-8(12)10(7)16-11(13)15-9/h3-6,14H,1-2H3,(H2,13,15,16). The first kappa shape index (κ1) is 10.8. The third-order valence-electron chi connectivity index (χ3n) is 2.57. The van der Waals surface area contributed by atoms with Crippen molar-refractivity contribution in [2.75, 3.05) is 12.8 Å². The van der Waals surface area contributed by atoms with Crippen LogP contribution in [0.3, 0.4) is 0 Å². The number of nitrogen functional groups attached to an aromatic ring is 1. The predicted molar refractivity (Wildman–Crippen MR) is 61.4 cm³/mol. The van der Waals surface area contributed by atoms with Crippen molar-refractivity contribution in [1.82, 2.24) is 15.3 Å². The molecule has 0 aliphatic carbocycles. The highest BCUT2D eigenvalue weighted by Crippen LogP contribution is 2.23. The average Bonchev–Trinajstić information content (AvgIpc) is 2.28. The summed E-state index contributed by atoms with van der Waals surface area (Å²) in [6.07, 6.45) is 0. The highest BCUT2D eigenvalue weighted by atomic mass is 19.1. The minimum atomic E-state index is -0.379. The van der Waals surface area contributed by atoms with Gasteiger partial charge in [-0.1, -0.05) is 12.1 Å². The number of anilines is 1. The molecule has 1 aromatic heterocycles. The Morgan fingerprint density at radius 3 is 2.81 bits per heavy atom. The first-order chi connectivity index (χ1) is 7.63. The number of nitrogens with one attached hydrogen (secondary N) is 1. The maximum Gasteiger partial charge on any atom is 0.220 e. The quantitative estimate of drug-likeness (QED) is 0.807. The van der Waals surface area contributed by atoms with Gasteiger partial charge >= 0.3 is 0 Å². The Labute approximate surface area is 92.7 Å². The molecule has 4 nitrogen and oxygen atoms in total. The minimum absolute atomic E-state index is 0.00500. The highest BCUT2D eigenvalue weighted by molar-refractivity contribution is 5.82. The Kier molecular flexibility index (Phi) is 2.70. The summed E-state index contributed by atoms with van der Waals surface area (Å²) in [4.78, 5) is 8.07. The highest BCUT2D eigenvalue weighted by Gasteiger charge is 2.13. The molecule has 16 heavy (non-hydrogen) atoms. The lowest BCUT2D eigenvalue weighted by Gasteiger charge is -2.13. The van der Waals surface area contributed by atoms with Crippen molar-refractivity contribution in [3.63, 3.8) is 0 Å². The number of benzene rings is 1. The van der Waals surface area contributed by atoms with E-state index in [1.807, 2.05) is 14.0 Å². The second kappa shape index (κ2) is 4.02. The van der Waals surface area contributed by atoms with Crippen molar-refractivity contribution in [3.8, 4) is 0 Å². The number of para-hydroxylation sites is 1. The molecule has 2 aromatic rings. The van der Waals surface area contributed by atoms with Crippen molar-refractivity contribution < 1.29 is 4.39 Å². The summed E-state index contributed by atoms with van der Waals surface area (Å²) in [6.45, 7) is 1.94. The number of halogens is 1. The van der Waals surface area contributed by atoms with E-state index in [-0.39, 0.29) is 23.3 Å². The molecule has 84 valence electrons. The maximum atomic E-state index is 13.5. The van der Waals surface area contributed by atoms with Crippen molar-refractivity contribution in [3.05, 3.63) is 29.7 Å². The Morgan fingerprint density at radius 1 is 1.38 bits per heavy atom. The zero-order chi connectivity index (χ0) is 11.7. The first-order valence-electron chi connectivity index (χ1n) is 5.02. The van der Waals surface area contributed by atoms with Gasteiger partial charge in [0, 0.05) is 11.4 Å². The van der Waals surface area contributed by atoms with E-state index in [2.05, 4.69) is 15.3 Å². The molecule has 0 radical (unpaired) electrons. The molecule has 0 saturated heterocycles. The third-order valence-corrected chi connectivity index (χ3v) is 2.57. The summed E-state index contributed by atoms with van der Waals surface area (Å²) in [5.41, 5.74) is 6.55. The van der Waals surface area contributed by atoms with Crippen LogP contribution in [0, 0.1) is 5.82 Å². The lowest BCUT2D eigenvalue weighted by molar-refractivity contribution is 0.628. The molecule has 0 spiro atoms. The van der Waals surface area contributed by atoms with Crippen LogP contribution in [0.2, 0.25) is 0 Å². The Bertz CT molecular complexity index is 527. The predicted octanol–water partition coefficient (Wildman–Crippen LogP) is 1.63. The number of hydrogen-bond donors (Lipinski definition) is 2. The van der Waals surface area contributed by atoms with Gasteiger partial charge in [-0.3, -0.25) is 0 Å². The largest absolute Gasteiger partial charge is 0.368 e. The molecular weight excluding hydrogens is 207 g/mol. The van der Waals surface area contributed by atoms with Crippen molar-refractivity contribution in [2.24, 2.45) is 0 Å². The van der Waals surface area contributed by atoms with E-state index in [1.165, 1.54) is 6.07 Å². The van der Waals surface area contributed by atoms with E-state index >= 15 is 0 Å². The van der Waals surface area contributed by atoms with Gasteiger partial charge in [0.1, 0.15) is 11.3 Å². The molecule has 0 saturated carbocycles. The zero-order valence-corrected chi connectivity index (χ0v) is 9.16. The molecule has 0 aliphatic rings. The van der Waals surface area contributed by atoms with E-state index in [0.717, 1.165) is 0 Å². The molecule has 5 heteroatoms. The van der Waals surface area contributed by atoms with Gasteiger partial charge in [-0.2, -0.15) is 0 Å². The molecule has 1 aromatic carbocycles. The fourth-order valence-electron chi connectivity index (χ4n) is 1.63. The summed E-state index contributed by atoms with van der Waals surface area (Å²) in [5, 5.41) is 3.74. The Balaban J connectivity index is 2.78. The van der Waals surface area contributed by atoms with Crippen molar-refractivity contribution in [1.29, 1.82) is 0 Å². The topological polar surface area (TPSA) is 63.8 Å². The lowest BCUT2D eigenvalue weighted by atomic mass is 10.1. The van der Waals surface area contributed by atoms with E-state index in [4.69, 9.17) is 5.73 Å². The summed E-state index contributed by atoms with van der Waals surface area (Å²) < 4.78 is 13.5. The average molecular weight is 220 g/mol. The number of hydrogen-bond acceptors (Lipinski definition) is 4. The molecule has 0 fully saturated rings. The molecule has 3 N–H and O–H groups in total. The number of aromatic nitrogens is 2. The van der Waals surface area contributed by atoms with Crippen LogP contribution in [0.4, 0.5) is 10.3 Å². The van der Waals surface area contributed by atoms with Gasteiger partial charge in [0.2, 0.25) is 5.95 Å². The van der Waals surface area contributed by atoms with Crippen LogP contribution in [-0.2, 0) is 0 Å². The lowest BCUT2D eigenvalue weighted by Crippen LogP contribution is -2.15. The Morgan fingerprint density at radius 2 is 2.12 bits per heavy atom. The number of fused-ring (bicyclic) bond motifs is 1. The normalized spacial score (nSPS) is 12.9. The first-order valence-corrected chi connectivity index (χ1v) is 5.02. The zero-order valence-electron chi connectivity index (χ0n) is 9.16. The van der Waals surface area contributed by atoms with Gasteiger partial charge in [0.15, 0.2) is 0 Å². The number of nitrogens with two attached hydrogens (primary N) is 1. The van der Waals surface area contributed by atoms with Gasteiger partial charge in [0.05, 0.1) is 5.69 Å². The van der Waals surface area contributed by atoms with E-state index in [1.54, 1.807) is 12.1 Å². The van der Waals surface area contributed by atoms with Crippen molar-refractivity contribution >= 4 is 16.9 Å². The summed E-state index contributed by atoms with van der Waals surface area (Å²) in [7, 11) is 1.81. The summed E-state index contributed by atoms with van der Waals surface area (Å²) >= 11 is 0. The second-order valence-electron chi connectivity index (χ2n) is 3.61. The van der Waals surface area contributed by atoms with Crippen LogP contribution >= 0.6 is 0 Å². The molecule has 2 rings (SSSR count). The van der Waals surface area contributed by atoms with Gasteiger partial charge in [-0.05, 0) is 20.0 Å². The minimum Gasteiger partial charge on any atom is -0.368 e. The second-order valence-corrected chi connectivity index (χ2v) is 3.61. The van der Waals surface area contributed by atoms with Gasteiger partial charge in [-0.15, -0.1) is 0 Å². The molecule has 0 bridgehead atoms. The molecule has 1 heterocycles. The summed E-state index contributed by atoms with van der Waals surface area (Å²) in [6, 6.07) is 4.79. The number of rotatable bonds is 2. The monoisotopic (exact) mass is 220 g/mol. The molecule has 1 unspecified atom stereocenters. The van der Waals surface area contributed by atoms with Gasteiger partial charge in [0.25, 0.3) is 0 Å². The fourth-order valence-corrected chi connectivity index (χ4v) is 1.63. The van der Waals surface area contributed by atoms with Gasteiger partial charge in [-0.25, -0.2) is 14.4 Å². The molecule has 0 amide bonds. The Hall–Kier alpha value is -1.75. The van der Waals surface area contributed by atoms with Crippen LogP contribution in [0.5, 0.6) is 0 Å². The van der Waals surface area contributed by atoms with Crippen LogP contribution < -0.4 is 11.1 Å². The smallest absolute Gasteiger partial charge is 0.220 e. The van der Waals surface area contributed by atoms with Crippen molar-refractivity contribution in [2.45, 2.75) is 13.0 Å². The third kappa shape index (κ3) is 1.69. The van der Waals surface area contributed by atoms with Crippen LogP contribution in [-0.4, -0.2) is 17.0 Å². The molecule has 0 aliphatic heterocycles. The maximum absolute atomic E-state index is 13.5.